The summed E-state index contributed by atoms with van der Waals surface area (Å²) in [7, 11) is 0. The maximum atomic E-state index is 13.6. The minimum Gasteiger partial charge on any atom is -0.507 e. The largest absolute Gasteiger partial charge is 0.507 e. The van der Waals surface area contributed by atoms with Crippen LogP contribution in [0.2, 0.25) is 0 Å². The Morgan fingerprint density at radius 1 is 0.284 bits per heavy atom. The standard InChI is InChI=1S/C31H36N2O3.C30H34N2O4.C26H26N2O4.C24H29BrN2O3/c1-21-11-7-8-12-25(21)23-14-16-26(30(35)36-31(3,4)5)28(19-23)32-29(34)27-20-24(15-13-22(27)2)33-17-9-6-10-18-33;1-20-10-6-7-11-23(20)21-12-14-24(29(35)36-30(2,3)4)26(18-21)31-28(34)25-19-22(13-15-27(25)33)32-16-8-5-9-17-32;1-17-7-3-4-8-20(17)18-9-11-21(26(31)32)23(15-18)27-25(30)22-16-19(10-12-24(22)29)28-13-5-2-6-14-28;1-16-8-10-18(27-12-6-5-7-13-27)15-20(16)22(28)26-21-14-17(25)9-11-19(21)23(29)30-24(2,3)4/h7-8,11-16,19-20H,6,9-10,17-18H2,1-5H3,(H,32,34);6-7,10-15,18-19,33H,5,8-9,16-17H2,1-4H3,(H,31,34);3-4,7-12,15-16,29H,2,5-6,13-14H2,1H3,(H,27,30)(H,31,32);8-11,14-15H,5-7,12-13H2,1-4H3,(H,26,28). The van der Waals surface area contributed by atoms with Gasteiger partial charge in [-0.05, 0) is 350 Å². The van der Waals surface area contributed by atoms with E-state index < -0.39 is 52.5 Å². The molecule has 0 saturated carbocycles. The second-order valence-corrected chi connectivity index (χ2v) is 38.6. The van der Waals surface area contributed by atoms with Gasteiger partial charge in [-0.25, -0.2) is 19.2 Å². The number of amides is 4. The number of benzene rings is 11. The van der Waals surface area contributed by atoms with Gasteiger partial charge in [-0.15, -0.1) is 0 Å². The number of halogens is 1. The van der Waals surface area contributed by atoms with E-state index in [-0.39, 0.29) is 51.3 Å². The third kappa shape index (κ3) is 26.9. The molecule has 11 aromatic carbocycles. The highest BCUT2D eigenvalue weighted by Gasteiger charge is 2.30. The number of carbonyl (C=O) groups excluding carboxylic acids is 7. The lowest BCUT2D eigenvalue weighted by Crippen LogP contribution is -2.29. The molecule has 4 fully saturated rings. The van der Waals surface area contributed by atoms with Gasteiger partial charge in [0.25, 0.3) is 23.6 Å². The van der Waals surface area contributed by atoms with Crippen molar-refractivity contribution < 1.29 is 67.9 Å². The zero-order chi connectivity index (χ0) is 96.3. The number of carboxylic acids is 1. The van der Waals surface area contributed by atoms with Crippen molar-refractivity contribution in [3.05, 3.63) is 295 Å². The van der Waals surface area contributed by atoms with Gasteiger partial charge in [0.05, 0.1) is 56.1 Å². The molecule has 4 heterocycles. The van der Waals surface area contributed by atoms with Gasteiger partial charge >= 0.3 is 23.9 Å². The molecule has 11 aromatic rings. The first-order valence-electron chi connectivity index (χ1n) is 46.3. The molecule has 4 aliphatic heterocycles. The summed E-state index contributed by atoms with van der Waals surface area (Å²) >= 11 is 3.42. The second-order valence-electron chi connectivity index (χ2n) is 37.6. The van der Waals surface area contributed by atoms with E-state index in [2.05, 4.69) is 68.9 Å². The van der Waals surface area contributed by atoms with Crippen LogP contribution in [-0.2, 0) is 14.2 Å². The van der Waals surface area contributed by atoms with E-state index in [4.69, 9.17) is 14.2 Å². The van der Waals surface area contributed by atoms with Crippen LogP contribution in [0.4, 0.5) is 45.5 Å². The zero-order valence-corrected chi connectivity index (χ0v) is 81.0. The monoisotopic (exact) mass is 1870 g/mol. The van der Waals surface area contributed by atoms with Crippen LogP contribution in [0.1, 0.15) is 250 Å². The molecule has 4 amide bonds. The number of piperidine rings is 4. The average Bonchev–Trinajstić information content (AvgIpc) is 0.644. The first-order valence-corrected chi connectivity index (χ1v) is 47.1. The molecule has 0 aliphatic carbocycles. The van der Waals surface area contributed by atoms with Gasteiger partial charge in [0.15, 0.2) is 0 Å². The highest BCUT2D eigenvalue weighted by atomic mass is 79.9. The molecular weight excluding hydrogens is 1750 g/mol. The number of anilines is 8. The zero-order valence-electron chi connectivity index (χ0n) is 79.4. The SMILES string of the molecule is Cc1ccc(N2CCCCC2)cc1C(=O)Nc1cc(-c2ccccc2C)ccc1C(=O)OC(C)(C)C.Cc1ccc(N2CCCCC2)cc1C(=O)Nc1cc(Br)ccc1C(=O)OC(C)(C)C.Cc1ccccc1-c1ccc(C(=O)O)c(NC(=O)c2cc(N3CCCCC3)ccc2O)c1.Cc1ccccc1-c1ccc(C(=O)OC(C)(C)C)c(NC(=O)c2cc(N3CCCCC3)ccc2O)c1. The van der Waals surface area contributed by atoms with Crippen molar-refractivity contribution in [3.63, 3.8) is 0 Å². The molecule has 22 nitrogen and oxygen atoms in total. The fourth-order valence-electron chi connectivity index (χ4n) is 16.8. The highest BCUT2D eigenvalue weighted by Crippen LogP contribution is 2.38. The summed E-state index contributed by atoms with van der Waals surface area (Å²) in [4.78, 5) is 113. The predicted molar refractivity (Wildman–Crippen MR) is 541 cm³/mol. The van der Waals surface area contributed by atoms with E-state index in [0.29, 0.717) is 39.3 Å². The van der Waals surface area contributed by atoms with E-state index in [0.717, 1.165) is 166 Å². The van der Waals surface area contributed by atoms with E-state index in [9.17, 15) is 53.7 Å². The highest BCUT2D eigenvalue weighted by molar-refractivity contribution is 9.10. The molecule has 700 valence electrons. The van der Waals surface area contributed by atoms with Gasteiger partial charge in [0, 0.05) is 90.7 Å². The molecule has 0 aromatic heterocycles. The molecule has 4 aliphatic rings. The van der Waals surface area contributed by atoms with E-state index in [1.54, 1.807) is 93.6 Å². The first-order chi connectivity index (χ1) is 63.8. The third-order valence-electron chi connectivity index (χ3n) is 23.8. The molecular formula is C111H125BrN8O14. The molecule has 134 heavy (non-hydrogen) atoms. The summed E-state index contributed by atoms with van der Waals surface area (Å²) in [5.74, 6) is -4.37. The number of nitrogens with one attached hydrogen (secondary N) is 4. The van der Waals surface area contributed by atoms with Gasteiger partial charge in [0.2, 0.25) is 0 Å². The summed E-state index contributed by atoms with van der Waals surface area (Å²) in [6.45, 7) is 34.0. The Labute approximate surface area is 796 Å². The first kappa shape index (κ1) is 99.5. The number of phenolic OH excluding ortho intramolecular Hbond substituents is 2. The summed E-state index contributed by atoms with van der Waals surface area (Å²) < 4.78 is 17.5. The molecule has 15 rings (SSSR count). The molecule has 4 saturated heterocycles. The number of ether oxygens (including phenoxy) is 3. The molecule has 0 radical (unpaired) electrons. The van der Waals surface area contributed by atoms with Crippen molar-refractivity contribution in [2.24, 2.45) is 0 Å². The minimum absolute atomic E-state index is 0.0117. The number of hydrogen-bond donors (Lipinski definition) is 7. The summed E-state index contributed by atoms with van der Waals surface area (Å²) in [6.07, 6.45) is 14.0. The van der Waals surface area contributed by atoms with Crippen molar-refractivity contribution in [1.29, 1.82) is 0 Å². The lowest BCUT2D eigenvalue weighted by molar-refractivity contribution is 0.00580. The minimum atomic E-state index is -1.14. The maximum absolute atomic E-state index is 13.6. The second kappa shape index (κ2) is 44.8. The predicted octanol–water partition coefficient (Wildman–Crippen LogP) is 25.0. The number of nitrogens with zero attached hydrogens (tertiary/aromatic N) is 4. The van der Waals surface area contributed by atoms with Crippen molar-refractivity contribution in [3.8, 4) is 44.9 Å². The molecule has 7 N–H and O–H groups in total. The summed E-state index contributed by atoms with van der Waals surface area (Å²) in [6, 6.07) is 66.7. The van der Waals surface area contributed by atoms with E-state index in [1.165, 1.54) is 63.5 Å². The van der Waals surface area contributed by atoms with Crippen LogP contribution < -0.4 is 40.9 Å². The average molecular weight is 1880 g/mol. The lowest BCUT2D eigenvalue weighted by Gasteiger charge is -2.29. The number of hydrogen-bond acceptors (Lipinski definition) is 17. The Kier molecular flexibility index (Phi) is 33.2. The summed E-state index contributed by atoms with van der Waals surface area (Å²) in [5, 5.41) is 42.0. The number of aromatic carboxylic acids is 1. The van der Waals surface area contributed by atoms with Crippen LogP contribution in [0.25, 0.3) is 33.4 Å². The number of rotatable bonds is 19. The van der Waals surface area contributed by atoms with Gasteiger partial charge in [-0.3, -0.25) is 19.2 Å². The molecule has 0 atom stereocenters. The summed E-state index contributed by atoms with van der Waals surface area (Å²) in [5.41, 5.74) is 16.3. The Balaban J connectivity index is 0.000000161. The number of aromatic hydroxyl groups is 2. The van der Waals surface area contributed by atoms with Crippen LogP contribution >= 0.6 is 15.9 Å². The third-order valence-corrected chi connectivity index (χ3v) is 24.2. The van der Waals surface area contributed by atoms with Gasteiger partial charge in [0.1, 0.15) is 28.3 Å². The van der Waals surface area contributed by atoms with E-state index in [1.807, 2.05) is 197 Å². The van der Waals surface area contributed by atoms with Gasteiger partial charge in [-0.1, -0.05) is 119 Å². The number of carbonyl (C=O) groups is 8. The fraction of sp³-hybridized carbons (Fsp3) is 0.333. The Bertz CT molecular complexity index is 5920. The maximum Gasteiger partial charge on any atom is 0.340 e. The lowest BCUT2D eigenvalue weighted by atomic mass is 9.98. The molecule has 0 unspecified atom stereocenters. The number of phenols is 2. The number of carboxylic acid groups (broad SMARTS) is 1. The molecule has 0 bridgehead atoms. The quantitative estimate of drug-likeness (QED) is 0.0292. The fourth-order valence-corrected chi connectivity index (χ4v) is 17.1. The molecule has 23 heteroatoms. The van der Waals surface area contributed by atoms with Crippen LogP contribution in [-0.4, -0.2) is 132 Å². The topological polar surface area (TPSA) is 286 Å². The van der Waals surface area contributed by atoms with Gasteiger partial charge in [-0.2, -0.15) is 0 Å². The Morgan fingerprint density at radius 2 is 0.537 bits per heavy atom. The number of esters is 3. The molecule has 0 spiro atoms. The Morgan fingerprint density at radius 3 is 0.828 bits per heavy atom. The van der Waals surface area contributed by atoms with Crippen LogP contribution in [0.3, 0.4) is 0 Å². The normalized spacial score (nSPS) is 13.9. The van der Waals surface area contributed by atoms with Crippen LogP contribution in [0, 0.1) is 34.6 Å². The van der Waals surface area contributed by atoms with Crippen molar-refractivity contribution in [2.75, 3.05) is 93.2 Å². The van der Waals surface area contributed by atoms with E-state index >= 15 is 0 Å². The van der Waals surface area contributed by atoms with Crippen molar-refractivity contribution >= 4 is 109 Å². The van der Waals surface area contributed by atoms with Crippen LogP contribution in [0.15, 0.2) is 223 Å². The van der Waals surface area contributed by atoms with Crippen molar-refractivity contribution in [2.45, 2.75) is 191 Å². The Hall–Kier alpha value is -13.5. The van der Waals surface area contributed by atoms with Crippen molar-refractivity contribution in [1.82, 2.24) is 0 Å². The van der Waals surface area contributed by atoms with Crippen LogP contribution in [0.5, 0.6) is 11.5 Å². The van der Waals surface area contributed by atoms with Gasteiger partial charge < -0.3 is 70.4 Å². The number of aryl methyl sites for hydroxylation is 5. The smallest absolute Gasteiger partial charge is 0.340 e.